The van der Waals surface area contributed by atoms with Crippen LogP contribution in [0.1, 0.15) is 37.0 Å². The van der Waals surface area contributed by atoms with E-state index in [4.69, 9.17) is 0 Å². The second-order valence-electron chi connectivity index (χ2n) is 4.48. The molecule has 3 nitrogen and oxygen atoms in total. The SMILES string of the molecule is CCC(CC)C(O)CNC(=O)c1ccc(F)c(F)c1. The number of hydrogen-bond donors (Lipinski definition) is 2. The Morgan fingerprint density at radius 3 is 2.42 bits per heavy atom. The van der Waals surface area contributed by atoms with Crippen molar-refractivity contribution in [3.05, 3.63) is 35.4 Å². The zero-order valence-corrected chi connectivity index (χ0v) is 11.1. The van der Waals surface area contributed by atoms with Crippen LogP contribution in [0.2, 0.25) is 0 Å². The van der Waals surface area contributed by atoms with Crippen LogP contribution >= 0.6 is 0 Å². The topological polar surface area (TPSA) is 49.3 Å². The number of amides is 1. The molecule has 1 aromatic carbocycles. The van der Waals surface area contributed by atoms with E-state index >= 15 is 0 Å². The van der Waals surface area contributed by atoms with Crippen molar-refractivity contribution in [3.8, 4) is 0 Å². The summed E-state index contributed by atoms with van der Waals surface area (Å²) in [5, 5.41) is 12.4. The van der Waals surface area contributed by atoms with Gasteiger partial charge in [-0.3, -0.25) is 4.79 Å². The average molecular weight is 271 g/mol. The molecule has 0 bridgehead atoms. The van der Waals surface area contributed by atoms with Gasteiger partial charge in [0.1, 0.15) is 0 Å². The molecule has 1 atom stereocenters. The van der Waals surface area contributed by atoms with Crippen molar-refractivity contribution in [3.63, 3.8) is 0 Å². The largest absolute Gasteiger partial charge is 0.391 e. The van der Waals surface area contributed by atoms with E-state index < -0.39 is 23.6 Å². The molecule has 0 saturated heterocycles. The third kappa shape index (κ3) is 4.28. The Hall–Kier alpha value is -1.49. The van der Waals surface area contributed by atoms with Gasteiger partial charge in [0, 0.05) is 12.1 Å². The minimum Gasteiger partial charge on any atom is -0.391 e. The molecule has 0 heterocycles. The highest BCUT2D eigenvalue weighted by atomic mass is 19.2. The molecule has 106 valence electrons. The van der Waals surface area contributed by atoms with E-state index in [-0.39, 0.29) is 18.0 Å². The summed E-state index contributed by atoms with van der Waals surface area (Å²) in [5.74, 6) is -2.46. The summed E-state index contributed by atoms with van der Waals surface area (Å²) in [7, 11) is 0. The number of nitrogens with one attached hydrogen (secondary N) is 1. The number of carbonyl (C=O) groups is 1. The van der Waals surface area contributed by atoms with Gasteiger partial charge in [-0.15, -0.1) is 0 Å². The van der Waals surface area contributed by atoms with Gasteiger partial charge in [0.15, 0.2) is 11.6 Å². The molecule has 1 rings (SSSR count). The normalized spacial score (nSPS) is 12.5. The molecular weight excluding hydrogens is 252 g/mol. The van der Waals surface area contributed by atoms with Gasteiger partial charge in [-0.2, -0.15) is 0 Å². The Kier molecular flexibility index (Phi) is 5.89. The highest BCUT2D eigenvalue weighted by molar-refractivity contribution is 5.94. The molecule has 1 unspecified atom stereocenters. The number of rotatable bonds is 6. The summed E-state index contributed by atoms with van der Waals surface area (Å²) in [5.41, 5.74) is 0.0376. The maximum Gasteiger partial charge on any atom is 0.251 e. The lowest BCUT2D eigenvalue weighted by molar-refractivity contribution is 0.0816. The lowest BCUT2D eigenvalue weighted by atomic mass is 9.96. The molecule has 0 saturated carbocycles. The van der Waals surface area contributed by atoms with E-state index in [0.29, 0.717) is 0 Å². The summed E-state index contributed by atoms with van der Waals surface area (Å²) in [6.45, 7) is 4.04. The first-order chi connectivity index (χ1) is 8.99. The number of hydrogen-bond acceptors (Lipinski definition) is 2. The molecule has 0 fully saturated rings. The standard InChI is InChI=1S/C14H19F2NO2/c1-3-9(4-2)13(18)8-17-14(19)10-5-6-11(15)12(16)7-10/h5-7,9,13,18H,3-4,8H2,1-2H3,(H,17,19). The lowest BCUT2D eigenvalue weighted by Crippen LogP contribution is -2.36. The Morgan fingerprint density at radius 2 is 1.89 bits per heavy atom. The average Bonchev–Trinajstić information content (AvgIpc) is 2.40. The van der Waals surface area contributed by atoms with Gasteiger partial charge in [0.25, 0.3) is 5.91 Å². The molecular formula is C14H19F2NO2. The number of carbonyl (C=O) groups excluding carboxylic acids is 1. The second kappa shape index (κ2) is 7.19. The first kappa shape index (κ1) is 15.6. The fourth-order valence-electron chi connectivity index (χ4n) is 1.94. The molecule has 1 aromatic rings. The van der Waals surface area contributed by atoms with Crippen LogP contribution in [0.15, 0.2) is 18.2 Å². The minimum absolute atomic E-state index is 0.0376. The number of benzene rings is 1. The molecule has 0 spiro atoms. The third-order valence-corrected chi connectivity index (χ3v) is 3.25. The van der Waals surface area contributed by atoms with Gasteiger partial charge < -0.3 is 10.4 Å². The second-order valence-corrected chi connectivity index (χ2v) is 4.48. The van der Waals surface area contributed by atoms with Crippen molar-refractivity contribution in [2.24, 2.45) is 5.92 Å². The van der Waals surface area contributed by atoms with Crippen LogP contribution < -0.4 is 5.32 Å². The monoisotopic (exact) mass is 271 g/mol. The highest BCUT2D eigenvalue weighted by Gasteiger charge is 2.17. The molecule has 1 amide bonds. The maximum absolute atomic E-state index is 13.0. The predicted molar refractivity (Wildman–Crippen MR) is 68.8 cm³/mol. The molecule has 2 N–H and O–H groups in total. The van der Waals surface area contributed by atoms with E-state index in [1.807, 2.05) is 13.8 Å². The van der Waals surface area contributed by atoms with Crippen molar-refractivity contribution >= 4 is 5.91 Å². The van der Waals surface area contributed by atoms with Crippen LogP contribution in [0.4, 0.5) is 8.78 Å². The summed E-state index contributed by atoms with van der Waals surface area (Å²) >= 11 is 0. The highest BCUT2D eigenvalue weighted by Crippen LogP contribution is 2.13. The molecule has 0 aromatic heterocycles. The van der Waals surface area contributed by atoms with E-state index in [9.17, 15) is 18.7 Å². The van der Waals surface area contributed by atoms with E-state index in [1.165, 1.54) is 6.07 Å². The quantitative estimate of drug-likeness (QED) is 0.835. The zero-order chi connectivity index (χ0) is 14.4. The molecule has 5 heteroatoms. The predicted octanol–water partition coefficient (Wildman–Crippen LogP) is 2.49. The van der Waals surface area contributed by atoms with Crippen LogP contribution in [0.25, 0.3) is 0 Å². The van der Waals surface area contributed by atoms with Crippen LogP contribution in [0.3, 0.4) is 0 Å². The van der Waals surface area contributed by atoms with Gasteiger partial charge in [-0.05, 0) is 24.1 Å². The van der Waals surface area contributed by atoms with Crippen molar-refractivity contribution in [2.45, 2.75) is 32.8 Å². The number of aliphatic hydroxyl groups is 1. The summed E-state index contributed by atoms with van der Waals surface area (Å²) in [4.78, 5) is 11.7. The zero-order valence-electron chi connectivity index (χ0n) is 11.1. The minimum atomic E-state index is -1.06. The van der Waals surface area contributed by atoms with Gasteiger partial charge in [-0.1, -0.05) is 26.7 Å². The van der Waals surface area contributed by atoms with Crippen molar-refractivity contribution < 1.29 is 18.7 Å². The van der Waals surface area contributed by atoms with E-state index in [0.717, 1.165) is 25.0 Å². The van der Waals surface area contributed by atoms with Gasteiger partial charge in [-0.25, -0.2) is 8.78 Å². The van der Waals surface area contributed by atoms with Gasteiger partial charge in [0.05, 0.1) is 6.10 Å². The molecule has 0 aliphatic rings. The van der Waals surface area contributed by atoms with Crippen molar-refractivity contribution in [1.82, 2.24) is 5.32 Å². The third-order valence-electron chi connectivity index (χ3n) is 3.25. The van der Waals surface area contributed by atoms with Crippen LogP contribution in [-0.2, 0) is 0 Å². The molecule has 0 aliphatic heterocycles. The lowest BCUT2D eigenvalue weighted by Gasteiger charge is -2.20. The van der Waals surface area contributed by atoms with Crippen LogP contribution in [0, 0.1) is 17.6 Å². The van der Waals surface area contributed by atoms with E-state index in [1.54, 1.807) is 0 Å². The van der Waals surface area contributed by atoms with Crippen molar-refractivity contribution in [2.75, 3.05) is 6.54 Å². The van der Waals surface area contributed by atoms with Gasteiger partial charge in [0.2, 0.25) is 0 Å². The number of halogens is 2. The molecule has 0 aliphatic carbocycles. The maximum atomic E-state index is 13.0. The van der Waals surface area contributed by atoms with Crippen LogP contribution in [-0.4, -0.2) is 23.7 Å². The Balaban J connectivity index is 2.58. The van der Waals surface area contributed by atoms with Crippen LogP contribution in [0.5, 0.6) is 0 Å². The molecule has 19 heavy (non-hydrogen) atoms. The first-order valence-corrected chi connectivity index (χ1v) is 6.40. The summed E-state index contributed by atoms with van der Waals surface area (Å²) in [6.07, 6.45) is 1.00. The Morgan fingerprint density at radius 1 is 1.26 bits per heavy atom. The van der Waals surface area contributed by atoms with Crippen molar-refractivity contribution in [1.29, 1.82) is 0 Å². The Bertz CT molecular complexity index is 433. The number of aliphatic hydroxyl groups excluding tert-OH is 1. The fraction of sp³-hybridized carbons (Fsp3) is 0.500. The Labute approximate surface area is 111 Å². The first-order valence-electron chi connectivity index (χ1n) is 6.40. The van der Waals surface area contributed by atoms with E-state index in [2.05, 4.69) is 5.32 Å². The van der Waals surface area contributed by atoms with Gasteiger partial charge >= 0.3 is 0 Å². The molecule has 0 radical (unpaired) electrons. The smallest absolute Gasteiger partial charge is 0.251 e. The summed E-state index contributed by atoms with van der Waals surface area (Å²) in [6, 6.07) is 2.95. The summed E-state index contributed by atoms with van der Waals surface area (Å²) < 4.78 is 25.7. The fourth-order valence-corrected chi connectivity index (χ4v) is 1.94.